The van der Waals surface area contributed by atoms with Gasteiger partial charge in [0.1, 0.15) is 0 Å². The quantitative estimate of drug-likeness (QED) is 0.753. The standard InChI is InChI=1S/C11H12AsN3/c1-3-9-6-11(12)15(14-9)10-7-13-5-4-8(10)2/h4-7H,3H2,1-2H3. The van der Waals surface area contributed by atoms with Gasteiger partial charge in [0.15, 0.2) is 0 Å². The van der Waals surface area contributed by atoms with Gasteiger partial charge in [0.2, 0.25) is 0 Å². The number of aryl methyl sites for hydroxylation is 2. The summed E-state index contributed by atoms with van der Waals surface area (Å²) in [5.41, 5.74) is 3.34. The van der Waals surface area contributed by atoms with Crippen LogP contribution in [0.2, 0.25) is 0 Å². The molecule has 0 amide bonds. The minimum atomic E-state index is 0.955. The van der Waals surface area contributed by atoms with Crippen molar-refractivity contribution in [3.05, 3.63) is 35.8 Å². The Balaban J connectivity index is 2.54. The second-order valence-electron chi connectivity index (χ2n) is 3.42. The molecule has 0 bridgehead atoms. The fourth-order valence-corrected chi connectivity index (χ4v) is 2.08. The van der Waals surface area contributed by atoms with E-state index in [1.807, 2.05) is 16.9 Å². The topological polar surface area (TPSA) is 30.7 Å². The predicted molar refractivity (Wildman–Crippen MR) is 60.9 cm³/mol. The summed E-state index contributed by atoms with van der Waals surface area (Å²) < 4.78 is 3.02. The Labute approximate surface area is 98.0 Å². The molecule has 2 radical (unpaired) electrons. The van der Waals surface area contributed by atoms with Crippen LogP contribution >= 0.6 is 0 Å². The molecule has 0 aliphatic heterocycles. The zero-order valence-corrected chi connectivity index (χ0v) is 10.7. The number of nitrogens with zero attached hydrogens (tertiary/aromatic N) is 3. The van der Waals surface area contributed by atoms with Gasteiger partial charge in [-0.1, -0.05) is 0 Å². The van der Waals surface area contributed by atoms with E-state index in [-0.39, 0.29) is 0 Å². The molecule has 0 saturated heterocycles. The van der Waals surface area contributed by atoms with Crippen LogP contribution in [0.4, 0.5) is 0 Å². The third kappa shape index (κ3) is 1.98. The van der Waals surface area contributed by atoms with Crippen LogP contribution in [0.1, 0.15) is 18.2 Å². The SMILES string of the molecule is CCc1cc([As])n(-c2cnccc2C)n1. The van der Waals surface area contributed by atoms with Gasteiger partial charge in [-0.05, 0) is 0 Å². The molecule has 0 unspecified atom stereocenters. The normalized spacial score (nSPS) is 10.6. The first-order valence-corrected chi connectivity index (χ1v) is 5.85. The molecule has 0 N–H and O–H groups in total. The van der Waals surface area contributed by atoms with Crippen molar-refractivity contribution in [2.45, 2.75) is 20.3 Å². The summed E-state index contributed by atoms with van der Waals surface area (Å²) in [4.78, 5) is 4.13. The predicted octanol–water partition coefficient (Wildman–Crippen LogP) is 0.932. The van der Waals surface area contributed by atoms with Gasteiger partial charge in [-0.2, -0.15) is 0 Å². The Hall–Kier alpha value is -1.08. The third-order valence-corrected chi connectivity index (χ3v) is 3.01. The maximum atomic E-state index is 4.52. The molecule has 0 spiro atoms. The molecule has 0 aliphatic rings. The van der Waals surface area contributed by atoms with Gasteiger partial charge in [0.25, 0.3) is 0 Å². The molecular formula is C11H12AsN3. The summed E-state index contributed by atoms with van der Waals surface area (Å²) in [5.74, 6) is 0. The Bertz CT molecular complexity index is 476. The van der Waals surface area contributed by atoms with E-state index < -0.39 is 0 Å². The summed E-state index contributed by atoms with van der Waals surface area (Å²) in [6.45, 7) is 4.17. The zero-order chi connectivity index (χ0) is 10.8. The summed E-state index contributed by atoms with van der Waals surface area (Å²) >= 11 is 2.55. The zero-order valence-electron chi connectivity index (χ0n) is 8.81. The summed E-state index contributed by atoms with van der Waals surface area (Å²) in [6, 6.07) is 4.08. The molecule has 2 aromatic rings. The monoisotopic (exact) mass is 261 g/mol. The Morgan fingerprint density at radius 1 is 1.47 bits per heavy atom. The number of hydrogen-bond donors (Lipinski definition) is 0. The molecule has 76 valence electrons. The number of aromatic nitrogens is 3. The van der Waals surface area contributed by atoms with Crippen LogP contribution in [0.15, 0.2) is 24.5 Å². The van der Waals surface area contributed by atoms with Crippen LogP contribution in [0.25, 0.3) is 5.69 Å². The van der Waals surface area contributed by atoms with E-state index in [0.717, 1.165) is 22.3 Å². The average Bonchev–Trinajstić information content (AvgIpc) is 2.60. The van der Waals surface area contributed by atoms with Gasteiger partial charge in [-0.25, -0.2) is 0 Å². The summed E-state index contributed by atoms with van der Waals surface area (Å²) in [5, 5.41) is 4.52. The molecule has 15 heavy (non-hydrogen) atoms. The van der Waals surface area contributed by atoms with Crippen LogP contribution in [-0.2, 0) is 6.42 Å². The van der Waals surface area contributed by atoms with Crippen molar-refractivity contribution < 1.29 is 0 Å². The minimum absolute atomic E-state index is 0.955. The van der Waals surface area contributed by atoms with E-state index in [1.165, 1.54) is 5.56 Å². The second kappa shape index (κ2) is 4.19. The molecule has 4 heteroatoms. The molecule has 3 nitrogen and oxygen atoms in total. The molecule has 0 atom stereocenters. The molecule has 2 heterocycles. The molecule has 0 aromatic carbocycles. The van der Waals surface area contributed by atoms with Crippen molar-refractivity contribution >= 4 is 21.3 Å². The van der Waals surface area contributed by atoms with E-state index >= 15 is 0 Å². The number of hydrogen-bond acceptors (Lipinski definition) is 2. The Kier molecular flexibility index (Phi) is 2.92. The van der Waals surface area contributed by atoms with Gasteiger partial charge >= 0.3 is 97.8 Å². The van der Waals surface area contributed by atoms with Gasteiger partial charge in [-0.3, -0.25) is 0 Å². The average molecular weight is 261 g/mol. The molecule has 2 rings (SSSR count). The van der Waals surface area contributed by atoms with E-state index in [9.17, 15) is 0 Å². The van der Waals surface area contributed by atoms with Gasteiger partial charge in [0, 0.05) is 0 Å². The van der Waals surface area contributed by atoms with Crippen LogP contribution in [-0.4, -0.2) is 31.6 Å². The first kappa shape index (κ1) is 10.4. The van der Waals surface area contributed by atoms with Gasteiger partial charge in [0.05, 0.1) is 0 Å². The van der Waals surface area contributed by atoms with Gasteiger partial charge < -0.3 is 0 Å². The summed E-state index contributed by atoms with van der Waals surface area (Å²) in [7, 11) is 0. The summed E-state index contributed by atoms with van der Waals surface area (Å²) in [6.07, 6.45) is 4.60. The van der Waals surface area contributed by atoms with E-state index in [2.05, 4.69) is 46.8 Å². The Morgan fingerprint density at radius 2 is 2.27 bits per heavy atom. The van der Waals surface area contributed by atoms with Crippen molar-refractivity contribution in [3.63, 3.8) is 0 Å². The van der Waals surface area contributed by atoms with E-state index in [0.29, 0.717) is 0 Å². The first-order valence-electron chi connectivity index (χ1n) is 4.91. The van der Waals surface area contributed by atoms with Crippen LogP contribution < -0.4 is 4.48 Å². The molecular weight excluding hydrogens is 249 g/mol. The van der Waals surface area contributed by atoms with Crippen molar-refractivity contribution in [2.24, 2.45) is 0 Å². The van der Waals surface area contributed by atoms with Crippen LogP contribution in [0.5, 0.6) is 0 Å². The second-order valence-corrected chi connectivity index (χ2v) is 4.38. The molecule has 0 saturated carbocycles. The number of pyridine rings is 1. The van der Waals surface area contributed by atoms with Crippen molar-refractivity contribution in [1.29, 1.82) is 0 Å². The number of rotatable bonds is 2. The van der Waals surface area contributed by atoms with Crippen molar-refractivity contribution in [3.8, 4) is 5.69 Å². The molecule has 0 aliphatic carbocycles. The fraction of sp³-hybridized carbons (Fsp3) is 0.273. The fourth-order valence-electron chi connectivity index (χ4n) is 1.45. The van der Waals surface area contributed by atoms with Gasteiger partial charge in [-0.15, -0.1) is 0 Å². The third-order valence-electron chi connectivity index (χ3n) is 2.34. The first-order chi connectivity index (χ1) is 7.22. The van der Waals surface area contributed by atoms with Crippen molar-refractivity contribution in [1.82, 2.24) is 14.8 Å². The maximum absolute atomic E-state index is 4.52. The molecule has 0 fully saturated rings. The van der Waals surface area contributed by atoms with E-state index in [4.69, 9.17) is 0 Å². The van der Waals surface area contributed by atoms with Crippen LogP contribution in [0.3, 0.4) is 0 Å². The van der Waals surface area contributed by atoms with Crippen LogP contribution in [0, 0.1) is 6.92 Å². The Morgan fingerprint density at radius 3 is 2.87 bits per heavy atom. The van der Waals surface area contributed by atoms with Crippen molar-refractivity contribution in [2.75, 3.05) is 0 Å². The van der Waals surface area contributed by atoms with E-state index in [1.54, 1.807) is 6.20 Å². The molecule has 2 aromatic heterocycles.